The van der Waals surface area contributed by atoms with Crippen LogP contribution in [0.15, 0.2) is 12.1 Å². The molecule has 0 saturated heterocycles. The smallest absolute Gasteiger partial charge is 0.303 e. The lowest BCUT2D eigenvalue weighted by Crippen LogP contribution is -2.16. The Hall–Kier alpha value is -2.44. The van der Waals surface area contributed by atoms with Crippen LogP contribution in [0.5, 0.6) is 0 Å². The molecule has 0 heterocycles. The summed E-state index contributed by atoms with van der Waals surface area (Å²) in [5.41, 5.74) is 6.39. The average Bonchev–Trinajstić information content (AvgIpc) is 2.57. The fourth-order valence-corrected chi connectivity index (χ4v) is 2.99. The van der Waals surface area contributed by atoms with Gasteiger partial charge in [-0.05, 0) is 29.0 Å². The Labute approximate surface area is 127 Å². The zero-order chi connectivity index (χ0) is 16.7. The van der Waals surface area contributed by atoms with Gasteiger partial charge in [0.25, 0.3) is 5.69 Å². The van der Waals surface area contributed by atoms with Crippen LogP contribution in [0.4, 0.5) is 5.69 Å². The number of esters is 1. The van der Waals surface area contributed by atoms with Crippen LogP contribution in [-0.2, 0) is 26.2 Å². The lowest BCUT2D eigenvalue weighted by molar-refractivity contribution is -0.385. The summed E-state index contributed by atoms with van der Waals surface area (Å²) >= 11 is 0. The average molecular weight is 306 g/mol. The largest absolute Gasteiger partial charge is 0.458 e. The van der Waals surface area contributed by atoms with E-state index in [9.17, 15) is 19.7 Å². The molecule has 0 aromatic heterocycles. The number of ether oxygens (including phenoxy) is 1. The Morgan fingerprint density at radius 1 is 1.45 bits per heavy atom. The molecule has 118 valence electrons. The summed E-state index contributed by atoms with van der Waals surface area (Å²) in [6, 6.07) is 3.04. The van der Waals surface area contributed by atoms with Crippen molar-refractivity contribution >= 4 is 17.6 Å². The molecule has 1 aromatic carbocycles. The second kappa shape index (κ2) is 5.40. The lowest BCUT2D eigenvalue weighted by atomic mass is 9.85. The number of carbonyl (C=O) groups is 2. The molecule has 7 nitrogen and oxygen atoms in total. The number of carbonyl (C=O) groups excluding carboxylic acids is 2. The van der Waals surface area contributed by atoms with Crippen molar-refractivity contribution in [2.75, 3.05) is 0 Å². The number of hydrogen-bond donors (Lipinski definition) is 1. The van der Waals surface area contributed by atoms with Gasteiger partial charge in [0.05, 0.1) is 11.3 Å². The molecule has 7 heteroatoms. The summed E-state index contributed by atoms with van der Waals surface area (Å²) in [6.45, 7) is 5.19. The van der Waals surface area contributed by atoms with E-state index in [-0.39, 0.29) is 23.1 Å². The van der Waals surface area contributed by atoms with Crippen molar-refractivity contribution in [1.82, 2.24) is 0 Å². The molecule has 1 amide bonds. The highest BCUT2D eigenvalue weighted by molar-refractivity contribution is 5.78. The van der Waals surface area contributed by atoms with Gasteiger partial charge in [-0.3, -0.25) is 19.7 Å². The summed E-state index contributed by atoms with van der Waals surface area (Å²) < 4.78 is 5.31. The van der Waals surface area contributed by atoms with E-state index in [1.807, 2.05) is 13.8 Å². The number of nitro groups is 1. The number of rotatable bonds is 4. The van der Waals surface area contributed by atoms with Gasteiger partial charge < -0.3 is 10.5 Å². The molecule has 1 unspecified atom stereocenters. The summed E-state index contributed by atoms with van der Waals surface area (Å²) in [6.07, 6.45) is -0.148. The number of nitrogens with zero attached hydrogens (tertiary/aromatic N) is 1. The zero-order valence-electron chi connectivity index (χ0n) is 12.7. The molecule has 0 radical (unpaired) electrons. The van der Waals surface area contributed by atoms with Gasteiger partial charge in [-0.25, -0.2) is 0 Å². The first-order valence-corrected chi connectivity index (χ1v) is 6.89. The maximum Gasteiger partial charge on any atom is 0.303 e. The molecule has 2 N–H and O–H groups in total. The molecular formula is C15H18N2O5. The molecule has 0 fully saturated rings. The highest BCUT2D eigenvalue weighted by Crippen LogP contribution is 2.48. The first kappa shape index (κ1) is 15.9. The Morgan fingerprint density at radius 3 is 2.59 bits per heavy atom. The van der Waals surface area contributed by atoms with Crippen molar-refractivity contribution in [1.29, 1.82) is 0 Å². The van der Waals surface area contributed by atoms with Crippen LogP contribution in [0.25, 0.3) is 0 Å². The predicted octanol–water partition coefficient (Wildman–Crippen LogP) is 1.91. The Balaban J connectivity index is 2.59. The summed E-state index contributed by atoms with van der Waals surface area (Å²) in [5.74, 6) is -1.06. The van der Waals surface area contributed by atoms with Gasteiger partial charge in [0, 0.05) is 18.6 Å². The van der Waals surface area contributed by atoms with E-state index < -0.39 is 22.9 Å². The predicted molar refractivity (Wildman–Crippen MR) is 78.1 cm³/mol. The van der Waals surface area contributed by atoms with Gasteiger partial charge in [0.15, 0.2) is 0 Å². The minimum atomic E-state index is -0.649. The van der Waals surface area contributed by atoms with Crippen molar-refractivity contribution in [2.24, 2.45) is 5.73 Å². The third-order valence-electron chi connectivity index (χ3n) is 3.89. The standard InChI is InChI=1S/C15H18N2O5/c1-8(18)22-13-7-15(2,3)11-6-12(17(20)21)9(4-10(11)13)5-14(16)19/h4,6,13H,5,7H2,1-3H3,(H2,16,19). The third kappa shape index (κ3) is 2.93. The normalized spacial score (nSPS) is 18.6. The molecule has 1 aliphatic carbocycles. The fraction of sp³-hybridized carbons (Fsp3) is 0.467. The van der Waals surface area contributed by atoms with Crippen molar-refractivity contribution < 1.29 is 19.2 Å². The Morgan fingerprint density at radius 2 is 2.09 bits per heavy atom. The van der Waals surface area contributed by atoms with Gasteiger partial charge >= 0.3 is 5.97 Å². The topological polar surface area (TPSA) is 113 Å². The van der Waals surface area contributed by atoms with Crippen molar-refractivity contribution in [3.63, 3.8) is 0 Å². The number of benzene rings is 1. The first-order valence-electron chi connectivity index (χ1n) is 6.89. The Kier molecular flexibility index (Phi) is 3.91. The number of nitro benzene ring substituents is 1. The summed E-state index contributed by atoms with van der Waals surface area (Å²) in [7, 11) is 0. The fourth-order valence-electron chi connectivity index (χ4n) is 2.99. The van der Waals surface area contributed by atoms with E-state index in [0.717, 1.165) is 5.56 Å². The molecule has 22 heavy (non-hydrogen) atoms. The van der Waals surface area contributed by atoms with Crippen molar-refractivity contribution in [3.8, 4) is 0 Å². The minimum absolute atomic E-state index is 0.130. The van der Waals surface area contributed by atoms with Gasteiger partial charge in [-0.1, -0.05) is 13.8 Å². The van der Waals surface area contributed by atoms with Crippen LogP contribution in [-0.4, -0.2) is 16.8 Å². The van der Waals surface area contributed by atoms with Gasteiger partial charge in [0.1, 0.15) is 6.10 Å². The van der Waals surface area contributed by atoms with E-state index in [2.05, 4.69) is 0 Å². The van der Waals surface area contributed by atoms with E-state index in [4.69, 9.17) is 10.5 Å². The third-order valence-corrected chi connectivity index (χ3v) is 3.89. The highest BCUT2D eigenvalue weighted by atomic mass is 16.6. The lowest BCUT2D eigenvalue weighted by Gasteiger charge is -2.18. The van der Waals surface area contributed by atoms with Gasteiger partial charge in [0.2, 0.25) is 5.91 Å². The molecule has 1 atom stereocenters. The quantitative estimate of drug-likeness (QED) is 0.518. The number of nitrogens with two attached hydrogens (primary N) is 1. The molecule has 1 aliphatic rings. The van der Waals surface area contributed by atoms with Crippen LogP contribution in [0.3, 0.4) is 0 Å². The van der Waals surface area contributed by atoms with Gasteiger partial charge in [-0.2, -0.15) is 0 Å². The number of hydrogen-bond acceptors (Lipinski definition) is 5. The molecular weight excluding hydrogens is 288 g/mol. The number of fused-ring (bicyclic) bond motifs is 1. The first-order chi connectivity index (χ1) is 10.1. The second-order valence-electron chi connectivity index (χ2n) is 6.15. The van der Waals surface area contributed by atoms with Crippen LogP contribution >= 0.6 is 0 Å². The van der Waals surface area contributed by atoms with E-state index >= 15 is 0 Å². The highest BCUT2D eigenvalue weighted by Gasteiger charge is 2.40. The second-order valence-corrected chi connectivity index (χ2v) is 6.15. The number of amides is 1. The molecule has 0 spiro atoms. The molecule has 0 saturated carbocycles. The Bertz CT molecular complexity index is 666. The van der Waals surface area contributed by atoms with Crippen LogP contribution in [0.2, 0.25) is 0 Å². The minimum Gasteiger partial charge on any atom is -0.458 e. The van der Waals surface area contributed by atoms with Crippen molar-refractivity contribution in [3.05, 3.63) is 38.9 Å². The molecule has 2 rings (SSSR count). The van der Waals surface area contributed by atoms with E-state index in [1.54, 1.807) is 6.07 Å². The van der Waals surface area contributed by atoms with Crippen LogP contribution in [0.1, 0.15) is 50.0 Å². The monoisotopic (exact) mass is 306 g/mol. The summed E-state index contributed by atoms with van der Waals surface area (Å²) in [5, 5.41) is 11.2. The van der Waals surface area contributed by atoms with Crippen LogP contribution in [0, 0.1) is 10.1 Å². The van der Waals surface area contributed by atoms with E-state index in [1.165, 1.54) is 13.0 Å². The van der Waals surface area contributed by atoms with E-state index in [0.29, 0.717) is 12.0 Å². The zero-order valence-corrected chi connectivity index (χ0v) is 12.7. The van der Waals surface area contributed by atoms with Crippen molar-refractivity contribution in [2.45, 2.75) is 45.1 Å². The molecule has 1 aromatic rings. The van der Waals surface area contributed by atoms with Gasteiger partial charge in [-0.15, -0.1) is 0 Å². The maximum atomic E-state index is 11.3. The molecule has 0 bridgehead atoms. The number of primary amides is 1. The SMILES string of the molecule is CC(=O)OC1CC(C)(C)c2cc([N+](=O)[O-])c(CC(N)=O)cc21. The van der Waals surface area contributed by atoms with Crippen LogP contribution < -0.4 is 5.73 Å². The molecule has 0 aliphatic heterocycles. The maximum absolute atomic E-state index is 11.3. The summed E-state index contributed by atoms with van der Waals surface area (Å²) in [4.78, 5) is 33.1.